The predicted octanol–water partition coefficient (Wildman–Crippen LogP) is 0.0351. The van der Waals surface area contributed by atoms with Crippen LogP contribution in [-0.4, -0.2) is 30.3 Å². The molecule has 0 saturated carbocycles. The molecule has 0 spiro atoms. The summed E-state index contributed by atoms with van der Waals surface area (Å²) in [5.41, 5.74) is 5.18. The summed E-state index contributed by atoms with van der Waals surface area (Å²) < 4.78 is 5.02. The summed E-state index contributed by atoms with van der Waals surface area (Å²) in [4.78, 5) is 34.3. The highest BCUT2D eigenvalue weighted by Gasteiger charge is 2.21. The molecular weight excluding hydrogens is 274 g/mol. The van der Waals surface area contributed by atoms with E-state index in [9.17, 15) is 14.4 Å². The molecule has 7 heteroatoms. The summed E-state index contributed by atoms with van der Waals surface area (Å²) in [6.45, 7) is 3.29. The van der Waals surface area contributed by atoms with E-state index in [1.165, 1.54) is 18.4 Å². The molecular formula is C14H19N3O4. The van der Waals surface area contributed by atoms with Gasteiger partial charge in [0.2, 0.25) is 17.7 Å². The molecule has 1 aromatic heterocycles. The lowest BCUT2D eigenvalue weighted by Crippen LogP contribution is -2.50. The maximum absolute atomic E-state index is 11.6. The van der Waals surface area contributed by atoms with E-state index in [0.29, 0.717) is 5.76 Å². The van der Waals surface area contributed by atoms with E-state index in [0.717, 1.165) is 0 Å². The molecule has 0 aromatic carbocycles. The fourth-order valence-electron chi connectivity index (χ4n) is 1.56. The van der Waals surface area contributed by atoms with Crippen LogP contribution in [0.4, 0.5) is 0 Å². The van der Waals surface area contributed by atoms with Crippen LogP contribution in [0.25, 0.3) is 6.08 Å². The molecule has 4 N–H and O–H groups in total. The van der Waals surface area contributed by atoms with E-state index < -0.39 is 23.8 Å². The number of nitrogens with two attached hydrogens (primary N) is 1. The molecule has 1 rings (SSSR count). The number of carbonyl (C=O) groups is 3. The van der Waals surface area contributed by atoms with E-state index in [2.05, 4.69) is 10.6 Å². The molecule has 7 nitrogen and oxygen atoms in total. The molecule has 3 amide bonds. The summed E-state index contributed by atoms with van der Waals surface area (Å²) in [6.07, 6.45) is 4.22. The van der Waals surface area contributed by atoms with Gasteiger partial charge in [0.1, 0.15) is 11.8 Å². The molecule has 0 radical (unpaired) electrons. The number of nitrogens with one attached hydrogen (secondary N) is 2. The molecule has 0 saturated heterocycles. The van der Waals surface area contributed by atoms with Crippen molar-refractivity contribution in [3.63, 3.8) is 0 Å². The number of furan rings is 1. The number of hydrogen-bond donors (Lipinski definition) is 3. The van der Waals surface area contributed by atoms with Crippen LogP contribution in [0.1, 0.15) is 19.6 Å². The average Bonchev–Trinajstić information content (AvgIpc) is 2.92. The fraction of sp³-hybridized carbons (Fsp3) is 0.357. The first kappa shape index (κ1) is 16.5. The maximum Gasteiger partial charge on any atom is 0.244 e. The van der Waals surface area contributed by atoms with Gasteiger partial charge in [-0.2, -0.15) is 0 Å². The van der Waals surface area contributed by atoms with Crippen LogP contribution >= 0.6 is 0 Å². The second kappa shape index (κ2) is 7.88. The van der Waals surface area contributed by atoms with E-state index in [-0.39, 0.29) is 12.5 Å². The van der Waals surface area contributed by atoms with E-state index in [1.54, 1.807) is 26.0 Å². The Balaban J connectivity index is 2.38. The smallest absolute Gasteiger partial charge is 0.244 e. The van der Waals surface area contributed by atoms with Gasteiger partial charge in [0.25, 0.3) is 0 Å². The quantitative estimate of drug-likeness (QED) is 0.615. The van der Waals surface area contributed by atoms with Crippen molar-refractivity contribution < 1.29 is 18.8 Å². The minimum absolute atomic E-state index is 0.124. The number of hydrogen-bond acceptors (Lipinski definition) is 4. The minimum Gasteiger partial charge on any atom is -0.465 e. The van der Waals surface area contributed by atoms with Gasteiger partial charge in [-0.05, 0) is 24.1 Å². The molecule has 0 aliphatic carbocycles. The minimum atomic E-state index is -0.756. The van der Waals surface area contributed by atoms with Crippen molar-refractivity contribution in [1.82, 2.24) is 10.6 Å². The first-order valence-electron chi connectivity index (χ1n) is 6.48. The van der Waals surface area contributed by atoms with Gasteiger partial charge < -0.3 is 20.8 Å². The third kappa shape index (κ3) is 5.94. The van der Waals surface area contributed by atoms with Crippen LogP contribution in [0.3, 0.4) is 0 Å². The van der Waals surface area contributed by atoms with Crippen molar-refractivity contribution in [2.75, 3.05) is 6.54 Å². The van der Waals surface area contributed by atoms with Gasteiger partial charge in [-0.15, -0.1) is 0 Å². The molecule has 0 aliphatic rings. The Labute approximate surface area is 122 Å². The van der Waals surface area contributed by atoms with Gasteiger partial charge in [-0.1, -0.05) is 13.8 Å². The highest BCUT2D eigenvalue weighted by molar-refractivity contribution is 5.94. The summed E-state index contributed by atoms with van der Waals surface area (Å²) in [6, 6.07) is 2.63. The maximum atomic E-state index is 11.6. The third-order valence-corrected chi connectivity index (χ3v) is 2.66. The standard InChI is InChI=1S/C14H19N3O4/c1-9(2)13(14(15)20)17-12(19)8-16-11(18)6-5-10-4-3-7-21-10/h3-7,9,13H,8H2,1-2H3,(H2,15,20)(H,16,18)(H,17,19)/b6-5+/t13-/m0/s1. The van der Waals surface area contributed by atoms with Crippen LogP contribution < -0.4 is 16.4 Å². The Bertz CT molecular complexity index is 520. The van der Waals surface area contributed by atoms with Gasteiger partial charge in [0.15, 0.2) is 0 Å². The Morgan fingerprint density at radius 2 is 2.10 bits per heavy atom. The molecule has 1 atom stereocenters. The van der Waals surface area contributed by atoms with Gasteiger partial charge >= 0.3 is 0 Å². The van der Waals surface area contributed by atoms with Crippen LogP contribution in [0, 0.1) is 5.92 Å². The second-order valence-corrected chi connectivity index (χ2v) is 4.76. The zero-order chi connectivity index (χ0) is 15.8. The number of rotatable bonds is 7. The molecule has 0 aliphatic heterocycles. The van der Waals surface area contributed by atoms with Crippen LogP contribution in [-0.2, 0) is 14.4 Å². The SMILES string of the molecule is CC(C)[C@H](NC(=O)CNC(=O)/C=C/c1ccco1)C(N)=O. The van der Waals surface area contributed by atoms with E-state index in [4.69, 9.17) is 10.2 Å². The molecule has 0 fully saturated rings. The largest absolute Gasteiger partial charge is 0.465 e. The summed E-state index contributed by atoms with van der Waals surface area (Å²) in [5, 5.41) is 4.87. The van der Waals surface area contributed by atoms with Crippen molar-refractivity contribution in [3.05, 3.63) is 30.2 Å². The normalized spacial score (nSPS) is 12.3. The van der Waals surface area contributed by atoms with Gasteiger partial charge in [0.05, 0.1) is 12.8 Å². The van der Waals surface area contributed by atoms with E-state index >= 15 is 0 Å². The monoisotopic (exact) mass is 293 g/mol. The number of primary amides is 1. The van der Waals surface area contributed by atoms with Crippen molar-refractivity contribution >= 4 is 23.8 Å². The molecule has 114 valence electrons. The number of carbonyl (C=O) groups excluding carboxylic acids is 3. The first-order chi connectivity index (χ1) is 9.90. The lowest BCUT2D eigenvalue weighted by molar-refractivity contribution is -0.128. The zero-order valence-electron chi connectivity index (χ0n) is 12.0. The fourth-order valence-corrected chi connectivity index (χ4v) is 1.56. The van der Waals surface area contributed by atoms with E-state index in [1.807, 2.05) is 0 Å². The van der Waals surface area contributed by atoms with Crippen molar-refractivity contribution in [3.8, 4) is 0 Å². The molecule has 1 heterocycles. The van der Waals surface area contributed by atoms with Crippen LogP contribution in [0.2, 0.25) is 0 Å². The average molecular weight is 293 g/mol. The summed E-state index contributed by atoms with van der Waals surface area (Å²) in [5.74, 6) is -1.12. The van der Waals surface area contributed by atoms with Crippen molar-refractivity contribution in [2.24, 2.45) is 11.7 Å². The lowest BCUT2D eigenvalue weighted by Gasteiger charge is -2.18. The molecule has 21 heavy (non-hydrogen) atoms. The molecule has 0 unspecified atom stereocenters. The van der Waals surface area contributed by atoms with Crippen LogP contribution in [0.5, 0.6) is 0 Å². The van der Waals surface area contributed by atoms with Crippen molar-refractivity contribution in [2.45, 2.75) is 19.9 Å². The molecule has 1 aromatic rings. The highest BCUT2D eigenvalue weighted by Crippen LogP contribution is 2.02. The van der Waals surface area contributed by atoms with Gasteiger partial charge in [-0.25, -0.2) is 0 Å². The Kier molecular flexibility index (Phi) is 6.19. The molecule has 0 bridgehead atoms. The Hall–Kier alpha value is -2.57. The Morgan fingerprint density at radius 3 is 2.62 bits per heavy atom. The summed E-state index contributed by atoms with van der Waals surface area (Å²) >= 11 is 0. The highest BCUT2D eigenvalue weighted by atomic mass is 16.3. The van der Waals surface area contributed by atoms with Gasteiger partial charge in [0, 0.05) is 6.08 Å². The predicted molar refractivity (Wildman–Crippen MR) is 76.7 cm³/mol. The van der Waals surface area contributed by atoms with Gasteiger partial charge in [-0.3, -0.25) is 14.4 Å². The summed E-state index contributed by atoms with van der Waals surface area (Å²) in [7, 11) is 0. The third-order valence-electron chi connectivity index (χ3n) is 2.66. The van der Waals surface area contributed by atoms with Crippen molar-refractivity contribution in [1.29, 1.82) is 0 Å². The second-order valence-electron chi connectivity index (χ2n) is 4.76. The lowest BCUT2D eigenvalue weighted by atomic mass is 10.0. The zero-order valence-corrected chi connectivity index (χ0v) is 12.0. The Morgan fingerprint density at radius 1 is 1.38 bits per heavy atom. The number of amides is 3. The first-order valence-corrected chi connectivity index (χ1v) is 6.48. The van der Waals surface area contributed by atoms with Crippen LogP contribution in [0.15, 0.2) is 28.9 Å². The topological polar surface area (TPSA) is 114 Å².